The van der Waals surface area contributed by atoms with Crippen molar-refractivity contribution in [2.24, 2.45) is 0 Å². The molecule has 0 fully saturated rings. The highest BCUT2D eigenvalue weighted by Gasteiger charge is 1.93. The summed E-state index contributed by atoms with van der Waals surface area (Å²) in [5.74, 6) is 1.07. The van der Waals surface area contributed by atoms with E-state index in [1.54, 1.807) is 6.20 Å². The van der Waals surface area contributed by atoms with E-state index in [1.165, 1.54) is 6.42 Å². The topological polar surface area (TPSA) is 48.9 Å². The maximum absolute atomic E-state index is 8.53. The van der Waals surface area contributed by atoms with Crippen molar-refractivity contribution in [3.8, 4) is 0 Å². The average Bonchev–Trinajstić information content (AvgIpc) is 2.57. The summed E-state index contributed by atoms with van der Waals surface area (Å²) < 4.78 is 0. The SMILES string of the molecule is OCCCCCCc1ncc[nH]1. The monoisotopic (exact) mass is 168 g/mol. The van der Waals surface area contributed by atoms with E-state index in [-0.39, 0.29) is 0 Å². The Labute approximate surface area is 72.8 Å². The van der Waals surface area contributed by atoms with Crippen LogP contribution in [-0.4, -0.2) is 21.7 Å². The van der Waals surface area contributed by atoms with E-state index >= 15 is 0 Å². The van der Waals surface area contributed by atoms with Crippen molar-refractivity contribution in [3.05, 3.63) is 18.2 Å². The van der Waals surface area contributed by atoms with Crippen LogP contribution in [0.4, 0.5) is 0 Å². The van der Waals surface area contributed by atoms with Crippen LogP contribution in [-0.2, 0) is 6.42 Å². The zero-order valence-corrected chi connectivity index (χ0v) is 7.29. The second-order valence-electron chi connectivity index (χ2n) is 2.92. The molecule has 0 saturated heterocycles. The number of aromatic amines is 1. The average molecular weight is 168 g/mol. The third-order valence-corrected chi connectivity index (χ3v) is 1.88. The fraction of sp³-hybridized carbons (Fsp3) is 0.667. The van der Waals surface area contributed by atoms with Crippen LogP contribution in [0.15, 0.2) is 12.4 Å². The van der Waals surface area contributed by atoms with Crippen LogP contribution in [0.2, 0.25) is 0 Å². The molecule has 0 atom stereocenters. The molecular weight excluding hydrogens is 152 g/mol. The van der Waals surface area contributed by atoms with Gasteiger partial charge in [-0.1, -0.05) is 12.8 Å². The first-order chi connectivity index (χ1) is 5.93. The Morgan fingerprint density at radius 1 is 1.25 bits per heavy atom. The quantitative estimate of drug-likeness (QED) is 0.632. The van der Waals surface area contributed by atoms with Crippen molar-refractivity contribution in [3.63, 3.8) is 0 Å². The van der Waals surface area contributed by atoms with E-state index < -0.39 is 0 Å². The third-order valence-electron chi connectivity index (χ3n) is 1.88. The number of aromatic nitrogens is 2. The van der Waals surface area contributed by atoms with Gasteiger partial charge in [-0.25, -0.2) is 4.98 Å². The number of rotatable bonds is 6. The molecule has 68 valence electrons. The van der Waals surface area contributed by atoms with Crippen molar-refractivity contribution in [2.75, 3.05) is 6.61 Å². The normalized spacial score (nSPS) is 10.4. The summed E-state index contributed by atoms with van der Waals surface area (Å²) in [4.78, 5) is 7.20. The Morgan fingerprint density at radius 3 is 2.75 bits per heavy atom. The number of hydrogen-bond donors (Lipinski definition) is 2. The van der Waals surface area contributed by atoms with Gasteiger partial charge >= 0.3 is 0 Å². The standard InChI is InChI=1S/C9H16N2O/c12-8-4-2-1-3-5-9-10-6-7-11-9/h6-7,12H,1-5,8H2,(H,10,11). The highest BCUT2D eigenvalue weighted by molar-refractivity contribution is 4.86. The first-order valence-corrected chi connectivity index (χ1v) is 4.52. The molecule has 1 aromatic heterocycles. The minimum absolute atomic E-state index is 0.320. The number of aliphatic hydroxyl groups excluding tert-OH is 1. The lowest BCUT2D eigenvalue weighted by Gasteiger charge is -1.97. The zero-order chi connectivity index (χ0) is 8.65. The lowest BCUT2D eigenvalue weighted by atomic mass is 10.1. The van der Waals surface area contributed by atoms with Crippen molar-refractivity contribution in [2.45, 2.75) is 32.1 Å². The lowest BCUT2D eigenvalue weighted by molar-refractivity contribution is 0.282. The highest BCUT2D eigenvalue weighted by atomic mass is 16.2. The molecule has 3 nitrogen and oxygen atoms in total. The summed E-state index contributed by atoms with van der Waals surface area (Å²) in [7, 11) is 0. The molecule has 0 spiro atoms. The van der Waals surface area contributed by atoms with Gasteiger partial charge in [-0.2, -0.15) is 0 Å². The van der Waals surface area contributed by atoms with Crippen LogP contribution in [0.1, 0.15) is 31.5 Å². The Bertz CT molecular complexity index is 184. The number of aliphatic hydroxyl groups is 1. The van der Waals surface area contributed by atoms with Crippen molar-refractivity contribution >= 4 is 0 Å². The molecule has 3 heteroatoms. The van der Waals surface area contributed by atoms with Gasteiger partial charge in [0.25, 0.3) is 0 Å². The fourth-order valence-corrected chi connectivity index (χ4v) is 1.19. The van der Waals surface area contributed by atoms with E-state index in [9.17, 15) is 0 Å². The van der Waals surface area contributed by atoms with Gasteiger partial charge in [0, 0.05) is 25.4 Å². The molecule has 0 radical (unpaired) electrons. The molecule has 0 unspecified atom stereocenters. The van der Waals surface area contributed by atoms with Crippen molar-refractivity contribution in [1.29, 1.82) is 0 Å². The summed E-state index contributed by atoms with van der Waals surface area (Å²) in [6.45, 7) is 0.320. The Hall–Kier alpha value is -0.830. The minimum atomic E-state index is 0.320. The molecule has 0 saturated carbocycles. The number of aryl methyl sites for hydroxylation is 1. The molecule has 1 aromatic rings. The molecule has 0 amide bonds. The van der Waals surface area contributed by atoms with Gasteiger partial charge in [-0.3, -0.25) is 0 Å². The van der Waals surface area contributed by atoms with Crippen LogP contribution in [0.25, 0.3) is 0 Å². The van der Waals surface area contributed by atoms with Crippen LogP contribution in [0.3, 0.4) is 0 Å². The summed E-state index contributed by atoms with van der Waals surface area (Å²) in [5.41, 5.74) is 0. The first kappa shape index (κ1) is 9.26. The second kappa shape index (κ2) is 5.77. The summed E-state index contributed by atoms with van der Waals surface area (Å²) in [5, 5.41) is 8.53. The van der Waals surface area contributed by atoms with Crippen LogP contribution >= 0.6 is 0 Å². The van der Waals surface area contributed by atoms with Crippen LogP contribution < -0.4 is 0 Å². The Kier molecular flexibility index (Phi) is 4.46. The minimum Gasteiger partial charge on any atom is -0.396 e. The van der Waals surface area contributed by atoms with E-state index in [1.807, 2.05) is 6.20 Å². The predicted octanol–water partition coefficient (Wildman–Crippen LogP) is 1.50. The summed E-state index contributed by atoms with van der Waals surface area (Å²) in [6.07, 6.45) is 9.05. The molecule has 1 heterocycles. The zero-order valence-electron chi connectivity index (χ0n) is 7.29. The molecule has 1 rings (SSSR count). The molecule has 2 N–H and O–H groups in total. The van der Waals surface area contributed by atoms with E-state index in [0.717, 1.165) is 31.5 Å². The maximum atomic E-state index is 8.53. The molecule has 12 heavy (non-hydrogen) atoms. The lowest BCUT2D eigenvalue weighted by Crippen LogP contribution is -1.89. The smallest absolute Gasteiger partial charge is 0.105 e. The summed E-state index contributed by atoms with van der Waals surface area (Å²) >= 11 is 0. The molecule has 0 bridgehead atoms. The number of imidazole rings is 1. The van der Waals surface area contributed by atoms with Gasteiger partial charge in [0.15, 0.2) is 0 Å². The number of nitrogens with zero attached hydrogens (tertiary/aromatic N) is 1. The Balaban J connectivity index is 1.96. The number of hydrogen-bond acceptors (Lipinski definition) is 2. The van der Waals surface area contributed by atoms with Gasteiger partial charge < -0.3 is 10.1 Å². The van der Waals surface area contributed by atoms with E-state index in [2.05, 4.69) is 9.97 Å². The maximum Gasteiger partial charge on any atom is 0.105 e. The number of H-pyrrole nitrogens is 1. The molecule has 0 aliphatic rings. The molecule has 0 aliphatic heterocycles. The first-order valence-electron chi connectivity index (χ1n) is 4.52. The fourth-order valence-electron chi connectivity index (χ4n) is 1.19. The molecule has 0 aromatic carbocycles. The van der Waals surface area contributed by atoms with Gasteiger partial charge in [0.1, 0.15) is 5.82 Å². The summed E-state index contributed by atoms with van der Waals surface area (Å²) in [6, 6.07) is 0. The molecule has 0 aliphatic carbocycles. The van der Waals surface area contributed by atoms with Crippen LogP contribution in [0.5, 0.6) is 0 Å². The Morgan fingerprint density at radius 2 is 2.08 bits per heavy atom. The molecular formula is C9H16N2O. The van der Waals surface area contributed by atoms with E-state index in [4.69, 9.17) is 5.11 Å². The number of nitrogens with one attached hydrogen (secondary N) is 1. The largest absolute Gasteiger partial charge is 0.396 e. The van der Waals surface area contributed by atoms with Gasteiger partial charge in [0.05, 0.1) is 0 Å². The van der Waals surface area contributed by atoms with Crippen molar-refractivity contribution in [1.82, 2.24) is 9.97 Å². The van der Waals surface area contributed by atoms with Gasteiger partial charge in [-0.15, -0.1) is 0 Å². The predicted molar refractivity (Wildman–Crippen MR) is 47.8 cm³/mol. The van der Waals surface area contributed by atoms with E-state index in [0.29, 0.717) is 6.61 Å². The highest BCUT2D eigenvalue weighted by Crippen LogP contribution is 2.03. The third kappa shape index (κ3) is 3.53. The van der Waals surface area contributed by atoms with Gasteiger partial charge in [-0.05, 0) is 12.8 Å². The number of unbranched alkanes of at least 4 members (excludes halogenated alkanes) is 3. The second-order valence-corrected chi connectivity index (χ2v) is 2.92. The van der Waals surface area contributed by atoms with Gasteiger partial charge in [0.2, 0.25) is 0 Å². The van der Waals surface area contributed by atoms with Crippen LogP contribution in [0, 0.1) is 0 Å². The van der Waals surface area contributed by atoms with Crippen molar-refractivity contribution < 1.29 is 5.11 Å².